The molecule has 0 atom stereocenters. The Morgan fingerprint density at radius 2 is 2.22 bits per heavy atom. The number of aromatic nitrogens is 1. The van der Waals surface area contributed by atoms with E-state index in [9.17, 15) is 4.79 Å². The highest BCUT2D eigenvalue weighted by molar-refractivity contribution is 5.92. The molecular formula is C14H19N3O. The Bertz CT molecular complexity index is 431. The molecule has 0 saturated carbocycles. The monoisotopic (exact) mass is 245 g/mol. The predicted molar refractivity (Wildman–Crippen MR) is 70.0 cm³/mol. The zero-order valence-corrected chi connectivity index (χ0v) is 11.2. The molecule has 4 nitrogen and oxygen atoms in total. The van der Waals surface area contributed by atoms with Crippen LogP contribution < -0.4 is 0 Å². The third-order valence-electron chi connectivity index (χ3n) is 2.73. The predicted octanol–water partition coefficient (Wildman–Crippen LogP) is 2.46. The first-order valence-electron chi connectivity index (χ1n) is 6.16. The number of hydrogen-bond donors (Lipinski definition) is 0. The number of hydrogen-bond acceptors (Lipinski definition) is 3. The molecule has 1 rings (SSSR count). The minimum Gasteiger partial charge on any atom is -0.340 e. The van der Waals surface area contributed by atoms with Crippen LogP contribution in [-0.4, -0.2) is 29.4 Å². The van der Waals surface area contributed by atoms with Crippen LogP contribution in [0.25, 0.3) is 0 Å². The fourth-order valence-electron chi connectivity index (χ4n) is 1.62. The van der Waals surface area contributed by atoms with Crippen molar-refractivity contribution in [3.05, 3.63) is 29.6 Å². The Kier molecular flexibility index (Phi) is 5.31. The summed E-state index contributed by atoms with van der Waals surface area (Å²) in [5.74, 6) is 0.560. The standard InChI is InChI=1S/C14H19N3O/c1-11(2)5-4-8-17(3)14(18)13-7-6-12(9-15)10-16-13/h6-7,10-11H,4-5,8H2,1-3H3. The van der Waals surface area contributed by atoms with Crippen molar-refractivity contribution in [3.8, 4) is 6.07 Å². The van der Waals surface area contributed by atoms with Crippen molar-refractivity contribution in [1.82, 2.24) is 9.88 Å². The fourth-order valence-corrected chi connectivity index (χ4v) is 1.62. The van der Waals surface area contributed by atoms with E-state index in [1.165, 1.54) is 6.20 Å². The van der Waals surface area contributed by atoms with Crippen molar-refractivity contribution in [3.63, 3.8) is 0 Å². The molecule has 0 aliphatic carbocycles. The lowest BCUT2D eigenvalue weighted by Crippen LogP contribution is -2.28. The number of carbonyl (C=O) groups is 1. The van der Waals surface area contributed by atoms with Gasteiger partial charge in [-0.3, -0.25) is 4.79 Å². The maximum absolute atomic E-state index is 12.0. The Morgan fingerprint density at radius 1 is 1.50 bits per heavy atom. The largest absolute Gasteiger partial charge is 0.340 e. The average Bonchev–Trinajstić information content (AvgIpc) is 2.37. The van der Waals surface area contributed by atoms with Crippen molar-refractivity contribution >= 4 is 5.91 Å². The summed E-state index contributed by atoms with van der Waals surface area (Å²) >= 11 is 0. The van der Waals surface area contributed by atoms with Gasteiger partial charge < -0.3 is 4.90 Å². The number of pyridine rings is 1. The minimum atomic E-state index is -0.0942. The highest BCUT2D eigenvalue weighted by Gasteiger charge is 2.12. The molecule has 0 aliphatic rings. The Hall–Kier alpha value is -1.89. The normalized spacial score (nSPS) is 10.2. The smallest absolute Gasteiger partial charge is 0.272 e. The van der Waals surface area contributed by atoms with Crippen LogP contribution in [-0.2, 0) is 0 Å². The maximum Gasteiger partial charge on any atom is 0.272 e. The lowest BCUT2D eigenvalue weighted by Gasteiger charge is -2.17. The first-order valence-corrected chi connectivity index (χ1v) is 6.16. The SMILES string of the molecule is CC(C)CCCN(C)C(=O)c1ccc(C#N)cn1. The molecule has 0 aromatic carbocycles. The fraction of sp³-hybridized carbons (Fsp3) is 0.500. The molecule has 1 aromatic rings. The van der Waals surface area contributed by atoms with E-state index in [0.717, 1.165) is 19.4 Å². The van der Waals surface area contributed by atoms with Crippen LogP contribution in [0.2, 0.25) is 0 Å². The lowest BCUT2D eigenvalue weighted by molar-refractivity contribution is 0.0785. The molecule has 0 N–H and O–H groups in total. The van der Waals surface area contributed by atoms with Crippen molar-refractivity contribution < 1.29 is 4.79 Å². The molecule has 4 heteroatoms. The van der Waals surface area contributed by atoms with Crippen LogP contribution in [0.5, 0.6) is 0 Å². The average molecular weight is 245 g/mol. The summed E-state index contributed by atoms with van der Waals surface area (Å²) in [7, 11) is 1.78. The zero-order chi connectivity index (χ0) is 13.5. The first kappa shape index (κ1) is 14.2. The van der Waals surface area contributed by atoms with Crippen molar-refractivity contribution in [1.29, 1.82) is 5.26 Å². The molecule has 0 fully saturated rings. The van der Waals surface area contributed by atoms with E-state index in [-0.39, 0.29) is 5.91 Å². The van der Waals surface area contributed by atoms with Gasteiger partial charge in [-0.15, -0.1) is 0 Å². The van der Waals surface area contributed by atoms with Gasteiger partial charge in [0.15, 0.2) is 0 Å². The topological polar surface area (TPSA) is 57.0 Å². The number of nitriles is 1. The summed E-state index contributed by atoms with van der Waals surface area (Å²) in [6, 6.07) is 5.19. The molecule has 0 spiro atoms. The summed E-state index contributed by atoms with van der Waals surface area (Å²) < 4.78 is 0. The van der Waals surface area contributed by atoms with E-state index in [1.807, 2.05) is 6.07 Å². The van der Waals surface area contributed by atoms with Gasteiger partial charge in [-0.1, -0.05) is 13.8 Å². The molecule has 96 valence electrons. The number of amides is 1. The second-order valence-corrected chi connectivity index (χ2v) is 4.81. The van der Waals surface area contributed by atoms with E-state index in [1.54, 1.807) is 24.1 Å². The summed E-state index contributed by atoms with van der Waals surface area (Å²) in [4.78, 5) is 17.7. The number of nitrogens with zero attached hydrogens (tertiary/aromatic N) is 3. The second-order valence-electron chi connectivity index (χ2n) is 4.81. The molecule has 18 heavy (non-hydrogen) atoms. The van der Waals surface area contributed by atoms with Gasteiger partial charge in [-0.05, 0) is 30.9 Å². The molecular weight excluding hydrogens is 226 g/mol. The van der Waals surface area contributed by atoms with E-state index in [0.29, 0.717) is 17.2 Å². The Balaban J connectivity index is 2.55. The van der Waals surface area contributed by atoms with Crippen LogP contribution in [0.4, 0.5) is 0 Å². The highest BCUT2D eigenvalue weighted by Crippen LogP contribution is 2.07. The molecule has 0 unspecified atom stereocenters. The third-order valence-corrected chi connectivity index (χ3v) is 2.73. The van der Waals surface area contributed by atoms with Crippen LogP contribution in [0.15, 0.2) is 18.3 Å². The molecule has 1 aromatic heterocycles. The van der Waals surface area contributed by atoms with Gasteiger partial charge in [0.2, 0.25) is 0 Å². The lowest BCUT2D eigenvalue weighted by atomic mass is 10.1. The number of carbonyl (C=O) groups excluding carboxylic acids is 1. The van der Waals surface area contributed by atoms with Gasteiger partial charge >= 0.3 is 0 Å². The summed E-state index contributed by atoms with van der Waals surface area (Å²) in [6.07, 6.45) is 3.53. The quantitative estimate of drug-likeness (QED) is 0.800. The van der Waals surface area contributed by atoms with Gasteiger partial charge in [-0.2, -0.15) is 5.26 Å². The summed E-state index contributed by atoms with van der Waals surface area (Å²) in [5, 5.41) is 8.66. The molecule has 1 heterocycles. The van der Waals surface area contributed by atoms with Gasteiger partial charge in [0.05, 0.1) is 5.56 Å². The van der Waals surface area contributed by atoms with Gasteiger partial charge in [0.1, 0.15) is 11.8 Å². The van der Waals surface area contributed by atoms with E-state index >= 15 is 0 Å². The van der Waals surface area contributed by atoms with Gasteiger partial charge in [-0.25, -0.2) is 4.98 Å². The zero-order valence-electron chi connectivity index (χ0n) is 11.2. The molecule has 1 amide bonds. The first-order chi connectivity index (χ1) is 8.54. The number of rotatable bonds is 5. The van der Waals surface area contributed by atoms with Crippen LogP contribution in [0, 0.1) is 17.2 Å². The van der Waals surface area contributed by atoms with Crippen LogP contribution >= 0.6 is 0 Å². The summed E-state index contributed by atoms with van der Waals surface area (Å²) in [5.41, 5.74) is 0.857. The molecule has 0 bridgehead atoms. The van der Waals surface area contributed by atoms with Crippen molar-refractivity contribution in [2.75, 3.05) is 13.6 Å². The van der Waals surface area contributed by atoms with E-state index in [4.69, 9.17) is 5.26 Å². The Morgan fingerprint density at radius 3 is 2.72 bits per heavy atom. The highest BCUT2D eigenvalue weighted by atomic mass is 16.2. The summed E-state index contributed by atoms with van der Waals surface area (Å²) in [6.45, 7) is 5.08. The third kappa shape index (κ3) is 4.17. The van der Waals surface area contributed by atoms with Gasteiger partial charge in [0, 0.05) is 19.8 Å². The minimum absolute atomic E-state index is 0.0942. The molecule has 0 saturated heterocycles. The van der Waals surface area contributed by atoms with E-state index < -0.39 is 0 Å². The van der Waals surface area contributed by atoms with Crippen molar-refractivity contribution in [2.45, 2.75) is 26.7 Å². The van der Waals surface area contributed by atoms with E-state index in [2.05, 4.69) is 18.8 Å². The second kappa shape index (κ2) is 6.75. The van der Waals surface area contributed by atoms with Crippen molar-refractivity contribution in [2.24, 2.45) is 5.92 Å². The molecule has 0 radical (unpaired) electrons. The Labute approximate surface area is 108 Å². The molecule has 0 aliphatic heterocycles. The maximum atomic E-state index is 12.0. The van der Waals surface area contributed by atoms with Crippen LogP contribution in [0.1, 0.15) is 42.7 Å². The van der Waals surface area contributed by atoms with Gasteiger partial charge in [0.25, 0.3) is 5.91 Å². The van der Waals surface area contributed by atoms with Crippen LogP contribution in [0.3, 0.4) is 0 Å².